The summed E-state index contributed by atoms with van der Waals surface area (Å²) in [5.74, 6) is 1.65. The Labute approximate surface area is 116 Å². The number of hydrogen-bond acceptors (Lipinski definition) is 6. The summed E-state index contributed by atoms with van der Waals surface area (Å²) in [5, 5.41) is 8.84. The Balaban J connectivity index is 1.56. The quantitative estimate of drug-likeness (QED) is 0.914. The second-order valence-electron chi connectivity index (χ2n) is 5.02. The second-order valence-corrected chi connectivity index (χ2v) is 6.16. The molecule has 2 aromatic heterocycles. The molecule has 2 N–H and O–H groups in total. The fraction of sp³-hybridized carbons (Fsp3) is 0.583. The molecule has 0 atom stereocenters. The van der Waals surface area contributed by atoms with Crippen molar-refractivity contribution in [2.75, 3.05) is 18.8 Å². The highest BCUT2D eigenvalue weighted by Gasteiger charge is 2.24. The second kappa shape index (κ2) is 5.26. The van der Waals surface area contributed by atoms with Gasteiger partial charge in [0.25, 0.3) is 0 Å². The zero-order valence-corrected chi connectivity index (χ0v) is 11.8. The van der Waals surface area contributed by atoms with E-state index in [1.54, 1.807) is 17.7 Å². The molecule has 19 heavy (non-hydrogen) atoms. The molecule has 1 saturated heterocycles. The van der Waals surface area contributed by atoms with Crippen molar-refractivity contribution in [1.29, 1.82) is 0 Å². The Morgan fingerprint density at radius 2 is 2.21 bits per heavy atom. The lowest BCUT2D eigenvalue weighted by Gasteiger charge is -2.30. The predicted octanol–water partition coefficient (Wildman–Crippen LogP) is 1.23. The van der Waals surface area contributed by atoms with E-state index in [4.69, 9.17) is 5.73 Å². The van der Waals surface area contributed by atoms with Gasteiger partial charge in [0, 0.05) is 30.6 Å². The van der Waals surface area contributed by atoms with Crippen molar-refractivity contribution in [3.63, 3.8) is 0 Å². The first-order valence-electron chi connectivity index (χ1n) is 6.49. The molecule has 0 aliphatic carbocycles. The van der Waals surface area contributed by atoms with Crippen LogP contribution >= 0.6 is 11.3 Å². The third kappa shape index (κ3) is 2.76. The molecule has 3 heterocycles. The molecule has 0 amide bonds. The molecule has 0 bridgehead atoms. The molecule has 1 fully saturated rings. The van der Waals surface area contributed by atoms with Gasteiger partial charge in [-0.15, -0.1) is 21.5 Å². The minimum Gasteiger partial charge on any atom is -0.375 e. The third-order valence-corrected chi connectivity index (χ3v) is 4.46. The number of piperidine rings is 1. The average Bonchev–Trinajstić information content (AvgIpc) is 3.00. The van der Waals surface area contributed by atoms with Crippen LogP contribution in [0.4, 0.5) is 5.13 Å². The van der Waals surface area contributed by atoms with Crippen molar-refractivity contribution >= 4 is 16.5 Å². The number of hydrogen-bond donors (Lipinski definition) is 1. The van der Waals surface area contributed by atoms with E-state index in [1.165, 1.54) is 4.88 Å². The van der Waals surface area contributed by atoms with E-state index in [0.717, 1.165) is 38.3 Å². The van der Waals surface area contributed by atoms with Crippen LogP contribution in [0.15, 0.2) is 12.5 Å². The van der Waals surface area contributed by atoms with E-state index in [-0.39, 0.29) is 0 Å². The minimum atomic E-state index is 0.537. The third-order valence-electron chi connectivity index (χ3n) is 3.65. The van der Waals surface area contributed by atoms with Gasteiger partial charge in [-0.2, -0.15) is 0 Å². The Morgan fingerprint density at radius 3 is 2.79 bits per heavy atom. The number of rotatable bonds is 3. The van der Waals surface area contributed by atoms with E-state index in [2.05, 4.69) is 20.1 Å². The first-order chi connectivity index (χ1) is 9.22. The van der Waals surface area contributed by atoms with Crippen molar-refractivity contribution in [3.05, 3.63) is 23.2 Å². The Kier molecular flexibility index (Phi) is 3.48. The number of nitrogens with two attached hydrogens (primary N) is 1. The smallest absolute Gasteiger partial charge is 0.180 e. The van der Waals surface area contributed by atoms with Gasteiger partial charge in [0.1, 0.15) is 12.2 Å². The van der Waals surface area contributed by atoms with Gasteiger partial charge in [-0.05, 0) is 25.9 Å². The number of thiazole rings is 1. The lowest BCUT2D eigenvalue weighted by Crippen LogP contribution is -2.32. The largest absolute Gasteiger partial charge is 0.375 e. The normalized spacial score (nSPS) is 17.9. The molecule has 1 aliphatic heterocycles. The molecule has 0 unspecified atom stereocenters. The van der Waals surface area contributed by atoms with Crippen LogP contribution in [-0.4, -0.2) is 37.7 Å². The Hall–Kier alpha value is -1.47. The Bertz CT molecular complexity index is 540. The van der Waals surface area contributed by atoms with E-state index >= 15 is 0 Å². The first kappa shape index (κ1) is 12.6. The topological polar surface area (TPSA) is 72.9 Å². The highest BCUT2D eigenvalue weighted by atomic mass is 32.1. The van der Waals surface area contributed by atoms with Gasteiger partial charge < -0.3 is 10.3 Å². The van der Waals surface area contributed by atoms with E-state index in [0.29, 0.717) is 11.0 Å². The highest BCUT2D eigenvalue weighted by molar-refractivity contribution is 7.15. The molecule has 0 radical (unpaired) electrons. The fourth-order valence-electron chi connectivity index (χ4n) is 2.63. The molecule has 0 saturated carbocycles. The number of anilines is 1. The van der Waals surface area contributed by atoms with Crippen LogP contribution in [0.1, 0.15) is 29.5 Å². The molecule has 0 aromatic carbocycles. The van der Waals surface area contributed by atoms with Crippen molar-refractivity contribution < 1.29 is 0 Å². The summed E-state index contributed by atoms with van der Waals surface area (Å²) in [5.41, 5.74) is 5.66. The summed E-state index contributed by atoms with van der Waals surface area (Å²) in [4.78, 5) is 7.80. The van der Waals surface area contributed by atoms with Gasteiger partial charge in [0.15, 0.2) is 5.13 Å². The number of aryl methyl sites for hydroxylation is 1. The molecular formula is C12H18N6S. The summed E-state index contributed by atoms with van der Waals surface area (Å²) in [6.07, 6.45) is 5.94. The summed E-state index contributed by atoms with van der Waals surface area (Å²) < 4.78 is 2.03. The van der Waals surface area contributed by atoms with Crippen LogP contribution in [0.5, 0.6) is 0 Å². The van der Waals surface area contributed by atoms with Gasteiger partial charge in [-0.1, -0.05) is 0 Å². The maximum absolute atomic E-state index is 5.66. The van der Waals surface area contributed by atoms with Crippen molar-refractivity contribution in [2.45, 2.75) is 25.3 Å². The number of nitrogens with zero attached hydrogens (tertiary/aromatic N) is 5. The zero-order chi connectivity index (χ0) is 13.2. The molecule has 1 aliphatic rings. The summed E-state index contributed by atoms with van der Waals surface area (Å²) in [6, 6.07) is 0. The fourth-order valence-corrected chi connectivity index (χ4v) is 3.35. The molecule has 102 valence electrons. The predicted molar refractivity (Wildman–Crippen MR) is 74.8 cm³/mol. The van der Waals surface area contributed by atoms with Gasteiger partial charge in [-0.3, -0.25) is 4.90 Å². The van der Waals surface area contributed by atoms with Crippen molar-refractivity contribution in [3.8, 4) is 0 Å². The van der Waals surface area contributed by atoms with E-state index in [1.807, 2.05) is 17.8 Å². The van der Waals surface area contributed by atoms with E-state index in [9.17, 15) is 0 Å². The average molecular weight is 278 g/mol. The molecule has 7 heteroatoms. The number of nitrogen functional groups attached to an aromatic ring is 1. The summed E-state index contributed by atoms with van der Waals surface area (Å²) in [6.45, 7) is 3.14. The monoisotopic (exact) mass is 278 g/mol. The van der Waals surface area contributed by atoms with E-state index < -0.39 is 0 Å². The lowest BCUT2D eigenvalue weighted by atomic mass is 9.96. The standard InChI is InChI=1S/C12H18N6S/c1-17-8-15-16-11(17)9-2-4-18(5-3-9)7-10-6-14-12(13)19-10/h6,8-9H,2-5,7H2,1H3,(H2,13,14). The zero-order valence-electron chi connectivity index (χ0n) is 11.0. The highest BCUT2D eigenvalue weighted by Crippen LogP contribution is 2.27. The molecule has 0 spiro atoms. The van der Waals surface area contributed by atoms with Gasteiger partial charge in [0.2, 0.25) is 0 Å². The summed E-state index contributed by atoms with van der Waals surface area (Å²) in [7, 11) is 2.02. The van der Waals surface area contributed by atoms with Crippen LogP contribution < -0.4 is 5.73 Å². The van der Waals surface area contributed by atoms with Gasteiger partial charge in [-0.25, -0.2) is 4.98 Å². The Morgan fingerprint density at radius 1 is 1.42 bits per heavy atom. The number of likely N-dealkylation sites (tertiary alicyclic amines) is 1. The summed E-state index contributed by atoms with van der Waals surface area (Å²) >= 11 is 1.58. The van der Waals surface area contributed by atoms with Crippen molar-refractivity contribution in [1.82, 2.24) is 24.6 Å². The molecule has 3 rings (SSSR count). The number of aromatic nitrogens is 4. The molecular weight excluding hydrogens is 260 g/mol. The van der Waals surface area contributed by atoms with Gasteiger partial charge >= 0.3 is 0 Å². The SMILES string of the molecule is Cn1cnnc1C1CCN(Cc2cnc(N)s2)CC1. The van der Waals surface area contributed by atoms with Crippen LogP contribution in [-0.2, 0) is 13.6 Å². The van der Waals surface area contributed by atoms with Crippen LogP contribution in [0.3, 0.4) is 0 Å². The molecule has 6 nitrogen and oxygen atoms in total. The maximum Gasteiger partial charge on any atom is 0.180 e. The first-order valence-corrected chi connectivity index (χ1v) is 7.30. The maximum atomic E-state index is 5.66. The van der Waals surface area contributed by atoms with Crippen LogP contribution in [0, 0.1) is 0 Å². The minimum absolute atomic E-state index is 0.537. The van der Waals surface area contributed by atoms with Crippen molar-refractivity contribution in [2.24, 2.45) is 7.05 Å². The van der Waals surface area contributed by atoms with Crippen LogP contribution in [0.25, 0.3) is 0 Å². The lowest BCUT2D eigenvalue weighted by molar-refractivity contribution is 0.202. The molecule has 2 aromatic rings. The van der Waals surface area contributed by atoms with Crippen LogP contribution in [0.2, 0.25) is 0 Å². The van der Waals surface area contributed by atoms with Gasteiger partial charge in [0.05, 0.1) is 0 Å².